The van der Waals surface area contributed by atoms with Gasteiger partial charge in [0.05, 0.1) is 25.6 Å². The molecule has 0 unspecified atom stereocenters. The lowest BCUT2D eigenvalue weighted by Crippen LogP contribution is -2.00. The molecule has 0 saturated heterocycles. The highest BCUT2D eigenvalue weighted by atomic mass is 16.5. The summed E-state index contributed by atoms with van der Waals surface area (Å²) in [7, 11) is 0. The first-order chi connectivity index (χ1) is 16.3. The average molecular weight is 457 g/mol. The van der Waals surface area contributed by atoms with Crippen LogP contribution in [-0.4, -0.2) is 36.4 Å². The van der Waals surface area contributed by atoms with E-state index in [0.717, 1.165) is 62.6 Å². The molecule has 1 aromatic heterocycles. The minimum absolute atomic E-state index is 0.697. The molecule has 0 atom stereocenters. The van der Waals surface area contributed by atoms with Crippen molar-refractivity contribution in [2.75, 3.05) is 26.4 Å². The molecule has 0 saturated carbocycles. The fourth-order valence-corrected chi connectivity index (χ4v) is 3.66. The zero-order valence-corrected chi connectivity index (χ0v) is 20.9. The maximum Gasteiger partial charge on any atom is 0.159 e. The Kier molecular flexibility index (Phi) is 15.0. The molecular weight excluding hydrogens is 412 g/mol. The van der Waals surface area contributed by atoms with E-state index in [-0.39, 0.29) is 0 Å². The normalized spacial score (nSPS) is 11.0. The summed E-state index contributed by atoms with van der Waals surface area (Å²) in [4.78, 5) is 8.91. The van der Waals surface area contributed by atoms with Gasteiger partial charge in [-0.2, -0.15) is 0 Å². The van der Waals surface area contributed by atoms with E-state index in [9.17, 15) is 0 Å². The number of hydrogen-bond acceptors (Lipinski definition) is 5. The maximum atomic E-state index is 5.88. The van der Waals surface area contributed by atoms with Crippen molar-refractivity contribution >= 4 is 0 Å². The molecule has 0 fully saturated rings. The number of unbranched alkanes of at least 4 members (excludes halogenated alkanes) is 10. The Morgan fingerprint density at radius 1 is 0.576 bits per heavy atom. The van der Waals surface area contributed by atoms with Gasteiger partial charge in [0.25, 0.3) is 0 Å². The van der Waals surface area contributed by atoms with Crippen LogP contribution in [0.1, 0.15) is 90.9 Å². The fourth-order valence-electron chi connectivity index (χ4n) is 3.66. The van der Waals surface area contributed by atoms with Crippen molar-refractivity contribution in [2.45, 2.75) is 90.9 Å². The van der Waals surface area contributed by atoms with E-state index in [1.807, 2.05) is 31.2 Å². The molecule has 2 rings (SSSR count). The quantitative estimate of drug-likeness (QED) is 0.192. The van der Waals surface area contributed by atoms with Gasteiger partial charge in [-0.25, -0.2) is 9.97 Å². The minimum Gasteiger partial charge on any atom is -0.494 e. The van der Waals surface area contributed by atoms with Crippen LogP contribution in [0.4, 0.5) is 0 Å². The first-order valence-corrected chi connectivity index (χ1v) is 13.1. The SMILES string of the molecule is CCCCCCCCCCOc1ccc(-c2ncc(OCCCCCCOCC)cn2)cc1. The van der Waals surface area contributed by atoms with Crippen LogP contribution in [-0.2, 0) is 4.74 Å². The highest BCUT2D eigenvalue weighted by Gasteiger charge is 2.03. The zero-order chi connectivity index (χ0) is 23.4. The van der Waals surface area contributed by atoms with Crippen LogP contribution in [0.2, 0.25) is 0 Å². The second-order valence-corrected chi connectivity index (χ2v) is 8.55. The molecule has 2 aromatic rings. The summed E-state index contributed by atoms with van der Waals surface area (Å²) in [5.41, 5.74) is 0.982. The first kappa shape index (κ1) is 27.1. The van der Waals surface area contributed by atoms with Crippen LogP contribution in [0.25, 0.3) is 11.4 Å². The number of ether oxygens (including phenoxy) is 3. The van der Waals surface area contributed by atoms with Gasteiger partial charge in [0.2, 0.25) is 0 Å². The van der Waals surface area contributed by atoms with Gasteiger partial charge in [0.15, 0.2) is 11.6 Å². The second kappa shape index (κ2) is 18.3. The lowest BCUT2D eigenvalue weighted by molar-refractivity contribution is 0.142. The van der Waals surface area contributed by atoms with Crippen LogP contribution >= 0.6 is 0 Å². The summed E-state index contributed by atoms with van der Waals surface area (Å²) in [6, 6.07) is 8.03. The van der Waals surface area contributed by atoms with E-state index < -0.39 is 0 Å². The molecule has 0 N–H and O–H groups in total. The Bertz CT molecular complexity index is 704. The lowest BCUT2D eigenvalue weighted by atomic mass is 10.1. The summed E-state index contributed by atoms with van der Waals surface area (Å²) >= 11 is 0. The monoisotopic (exact) mass is 456 g/mol. The number of benzene rings is 1. The standard InChI is InChI=1S/C28H44N2O3/c1-3-5-6-7-8-9-10-14-21-32-26-18-16-25(17-19-26)28-29-23-27(24-30-28)33-22-15-12-11-13-20-31-4-2/h16-19,23-24H,3-15,20-22H2,1-2H3. The molecule has 0 radical (unpaired) electrons. The van der Waals surface area contributed by atoms with Gasteiger partial charge in [0.1, 0.15) is 5.75 Å². The Balaban J connectivity index is 1.59. The van der Waals surface area contributed by atoms with Crippen LogP contribution in [0.3, 0.4) is 0 Å². The Morgan fingerprint density at radius 3 is 1.67 bits per heavy atom. The smallest absolute Gasteiger partial charge is 0.159 e. The summed E-state index contributed by atoms with van der Waals surface area (Å²) in [6.45, 7) is 7.43. The van der Waals surface area contributed by atoms with E-state index >= 15 is 0 Å². The van der Waals surface area contributed by atoms with Gasteiger partial charge < -0.3 is 14.2 Å². The van der Waals surface area contributed by atoms with Gasteiger partial charge >= 0.3 is 0 Å². The predicted octanol–water partition coefficient (Wildman–Crippen LogP) is 7.64. The van der Waals surface area contributed by atoms with Crippen molar-refractivity contribution in [3.05, 3.63) is 36.7 Å². The molecule has 0 aliphatic rings. The molecule has 0 aliphatic carbocycles. The Labute approximate surface area is 201 Å². The molecule has 33 heavy (non-hydrogen) atoms. The lowest BCUT2D eigenvalue weighted by Gasteiger charge is -2.08. The topological polar surface area (TPSA) is 53.5 Å². The van der Waals surface area contributed by atoms with Crippen LogP contribution < -0.4 is 9.47 Å². The van der Waals surface area contributed by atoms with Gasteiger partial charge in [-0.1, -0.05) is 58.3 Å². The average Bonchev–Trinajstić information content (AvgIpc) is 2.85. The van der Waals surface area contributed by atoms with Crippen molar-refractivity contribution in [3.63, 3.8) is 0 Å². The van der Waals surface area contributed by atoms with Crippen molar-refractivity contribution < 1.29 is 14.2 Å². The fraction of sp³-hybridized carbons (Fsp3) is 0.643. The second-order valence-electron chi connectivity index (χ2n) is 8.55. The van der Waals surface area contributed by atoms with Crippen molar-refractivity contribution in [1.82, 2.24) is 9.97 Å². The Morgan fingerprint density at radius 2 is 1.09 bits per heavy atom. The number of aromatic nitrogens is 2. The third-order valence-corrected chi connectivity index (χ3v) is 5.66. The number of rotatable bonds is 20. The molecule has 0 spiro atoms. The summed E-state index contributed by atoms with van der Waals surface area (Å²) < 4.78 is 17.0. The Hall–Kier alpha value is -2.14. The summed E-state index contributed by atoms with van der Waals surface area (Å²) in [6.07, 6.45) is 18.5. The van der Waals surface area contributed by atoms with E-state index in [2.05, 4.69) is 16.9 Å². The van der Waals surface area contributed by atoms with E-state index in [1.165, 1.54) is 51.4 Å². The van der Waals surface area contributed by atoms with Crippen LogP contribution in [0, 0.1) is 0 Å². The zero-order valence-electron chi connectivity index (χ0n) is 20.9. The van der Waals surface area contributed by atoms with Crippen LogP contribution in [0.5, 0.6) is 11.5 Å². The van der Waals surface area contributed by atoms with E-state index in [0.29, 0.717) is 12.4 Å². The molecule has 5 heteroatoms. The molecule has 0 aliphatic heterocycles. The van der Waals surface area contributed by atoms with E-state index in [4.69, 9.17) is 14.2 Å². The summed E-state index contributed by atoms with van der Waals surface area (Å²) in [5.74, 6) is 2.33. The molecule has 5 nitrogen and oxygen atoms in total. The summed E-state index contributed by atoms with van der Waals surface area (Å²) in [5, 5.41) is 0. The first-order valence-electron chi connectivity index (χ1n) is 13.1. The number of nitrogens with zero attached hydrogens (tertiary/aromatic N) is 2. The van der Waals surface area contributed by atoms with Gasteiger partial charge in [-0.3, -0.25) is 0 Å². The molecule has 0 bridgehead atoms. The highest BCUT2D eigenvalue weighted by molar-refractivity contribution is 5.56. The van der Waals surface area contributed by atoms with E-state index in [1.54, 1.807) is 12.4 Å². The molecule has 184 valence electrons. The molecular formula is C28H44N2O3. The maximum absolute atomic E-state index is 5.88. The predicted molar refractivity (Wildman–Crippen MR) is 136 cm³/mol. The van der Waals surface area contributed by atoms with Crippen molar-refractivity contribution in [1.29, 1.82) is 0 Å². The molecule has 1 heterocycles. The van der Waals surface area contributed by atoms with Gasteiger partial charge in [-0.05, 0) is 56.9 Å². The third kappa shape index (κ3) is 12.6. The molecule has 0 amide bonds. The molecule has 1 aromatic carbocycles. The van der Waals surface area contributed by atoms with Crippen molar-refractivity contribution in [3.8, 4) is 22.9 Å². The largest absolute Gasteiger partial charge is 0.494 e. The van der Waals surface area contributed by atoms with Crippen LogP contribution in [0.15, 0.2) is 36.7 Å². The van der Waals surface area contributed by atoms with Crippen molar-refractivity contribution in [2.24, 2.45) is 0 Å². The van der Waals surface area contributed by atoms with Gasteiger partial charge in [0, 0.05) is 18.8 Å². The minimum atomic E-state index is 0.697. The highest BCUT2D eigenvalue weighted by Crippen LogP contribution is 2.21. The third-order valence-electron chi connectivity index (χ3n) is 5.66. The van der Waals surface area contributed by atoms with Gasteiger partial charge in [-0.15, -0.1) is 0 Å². The number of hydrogen-bond donors (Lipinski definition) is 0.